The van der Waals surface area contributed by atoms with Gasteiger partial charge in [-0.2, -0.15) is 0 Å². The van der Waals surface area contributed by atoms with E-state index >= 15 is 0 Å². The maximum atomic E-state index is 12.1. The molecule has 1 aromatic rings. The number of benzene rings is 1. The van der Waals surface area contributed by atoms with E-state index in [1.165, 1.54) is 5.56 Å². The van der Waals surface area contributed by atoms with Crippen molar-refractivity contribution in [1.82, 2.24) is 4.90 Å². The van der Waals surface area contributed by atoms with Crippen LogP contribution in [0.5, 0.6) is 0 Å². The summed E-state index contributed by atoms with van der Waals surface area (Å²) in [6, 6.07) is 8.13. The quantitative estimate of drug-likeness (QED) is 0.834. The highest BCUT2D eigenvalue weighted by Gasteiger charge is 2.19. The SMILES string of the molecule is CC1CCN(C(=O)CCc2ccccc2Br)CC1. The summed E-state index contributed by atoms with van der Waals surface area (Å²) in [6.07, 6.45) is 3.75. The zero-order valence-electron chi connectivity index (χ0n) is 10.9. The molecule has 3 heteroatoms. The molecule has 1 heterocycles. The monoisotopic (exact) mass is 309 g/mol. The van der Waals surface area contributed by atoms with Crippen LogP contribution in [0.4, 0.5) is 0 Å². The summed E-state index contributed by atoms with van der Waals surface area (Å²) < 4.78 is 1.10. The van der Waals surface area contributed by atoms with Crippen LogP contribution in [0.1, 0.15) is 31.7 Å². The summed E-state index contributed by atoms with van der Waals surface area (Å²) in [7, 11) is 0. The van der Waals surface area contributed by atoms with Gasteiger partial charge in [0.15, 0.2) is 0 Å². The van der Waals surface area contributed by atoms with Crippen molar-refractivity contribution in [2.24, 2.45) is 5.92 Å². The van der Waals surface area contributed by atoms with Crippen molar-refractivity contribution >= 4 is 21.8 Å². The predicted octanol–water partition coefficient (Wildman–Crippen LogP) is 3.64. The zero-order valence-corrected chi connectivity index (χ0v) is 12.4. The number of rotatable bonds is 3. The Bertz CT molecular complexity index is 411. The van der Waals surface area contributed by atoms with Crippen LogP contribution in [0.3, 0.4) is 0 Å². The number of carbonyl (C=O) groups is 1. The van der Waals surface area contributed by atoms with Gasteiger partial charge in [-0.15, -0.1) is 0 Å². The van der Waals surface area contributed by atoms with Crippen LogP contribution >= 0.6 is 15.9 Å². The van der Waals surface area contributed by atoms with E-state index in [1.54, 1.807) is 0 Å². The lowest BCUT2D eigenvalue weighted by Crippen LogP contribution is -2.38. The van der Waals surface area contributed by atoms with Crippen LogP contribution in [-0.2, 0) is 11.2 Å². The van der Waals surface area contributed by atoms with Crippen LogP contribution in [0.2, 0.25) is 0 Å². The highest BCUT2D eigenvalue weighted by molar-refractivity contribution is 9.10. The number of piperidine rings is 1. The lowest BCUT2D eigenvalue weighted by molar-refractivity contribution is -0.132. The Morgan fingerprint density at radius 1 is 1.33 bits per heavy atom. The van der Waals surface area contributed by atoms with Crippen molar-refractivity contribution in [3.05, 3.63) is 34.3 Å². The summed E-state index contributed by atoms with van der Waals surface area (Å²) in [6.45, 7) is 4.15. The normalized spacial score (nSPS) is 16.9. The number of hydrogen-bond donors (Lipinski definition) is 0. The number of likely N-dealkylation sites (tertiary alicyclic amines) is 1. The molecule has 1 aliphatic rings. The maximum absolute atomic E-state index is 12.1. The fraction of sp³-hybridized carbons (Fsp3) is 0.533. The van der Waals surface area contributed by atoms with Gasteiger partial charge in [-0.1, -0.05) is 41.1 Å². The Balaban J connectivity index is 1.83. The number of amides is 1. The smallest absolute Gasteiger partial charge is 0.222 e. The van der Waals surface area contributed by atoms with Crippen LogP contribution in [0, 0.1) is 5.92 Å². The van der Waals surface area contributed by atoms with Crippen molar-refractivity contribution in [3.63, 3.8) is 0 Å². The van der Waals surface area contributed by atoms with Gasteiger partial charge in [0, 0.05) is 24.0 Å². The standard InChI is InChI=1S/C15H20BrNO/c1-12-8-10-17(11-9-12)15(18)7-6-13-4-2-3-5-14(13)16/h2-5,12H,6-11H2,1H3. The van der Waals surface area contributed by atoms with Crippen LogP contribution in [0.15, 0.2) is 28.7 Å². The van der Waals surface area contributed by atoms with Gasteiger partial charge in [0.05, 0.1) is 0 Å². The lowest BCUT2D eigenvalue weighted by Gasteiger charge is -2.30. The summed E-state index contributed by atoms with van der Waals surface area (Å²) in [5, 5.41) is 0. The Hall–Kier alpha value is -0.830. The molecule has 2 rings (SSSR count). The lowest BCUT2D eigenvalue weighted by atomic mass is 9.98. The summed E-state index contributed by atoms with van der Waals surface area (Å²) in [4.78, 5) is 14.1. The van der Waals surface area contributed by atoms with Crippen molar-refractivity contribution in [2.45, 2.75) is 32.6 Å². The predicted molar refractivity (Wildman–Crippen MR) is 77.4 cm³/mol. The topological polar surface area (TPSA) is 20.3 Å². The summed E-state index contributed by atoms with van der Waals surface area (Å²) in [5.41, 5.74) is 1.22. The Labute approximate surface area is 117 Å². The number of nitrogens with zero attached hydrogens (tertiary/aromatic N) is 1. The van der Waals surface area contributed by atoms with Gasteiger partial charge in [0.25, 0.3) is 0 Å². The molecule has 0 atom stereocenters. The molecule has 98 valence electrons. The molecule has 0 radical (unpaired) electrons. The first kappa shape index (κ1) is 13.6. The second-order valence-corrected chi connectivity index (χ2v) is 6.01. The second kappa shape index (κ2) is 6.37. The molecular weight excluding hydrogens is 290 g/mol. The average Bonchev–Trinajstić information content (AvgIpc) is 2.38. The van der Waals surface area contributed by atoms with E-state index in [0.717, 1.165) is 42.7 Å². The van der Waals surface area contributed by atoms with Crippen LogP contribution in [0.25, 0.3) is 0 Å². The molecule has 1 fully saturated rings. The van der Waals surface area contributed by atoms with E-state index in [9.17, 15) is 4.79 Å². The zero-order chi connectivity index (χ0) is 13.0. The van der Waals surface area contributed by atoms with Gasteiger partial charge >= 0.3 is 0 Å². The number of carbonyl (C=O) groups excluding carboxylic acids is 1. The van der Waals surface area contributed by atoms with Gasteiger partial charge in [0.1, 0.15) is 0 Å². The minimum absolute atomic E-state index is 0.303. The average molecular weight is 310 g/mol. The third-order valence-corrected chi connectivity index (χ3v) is 4.48. The molecule has 18 heavy (non-hydrogen) atoms. The molecule has 0 aliphatic carbocycles. The van der Waals surface area contributed by atoms with E-state index in [4.69, 9.17) is 0 Å². The van der Waals surface area contributed by atoms with E-state index < -0.39 is 0 Å². The second-order valence-electron chi connectivity index (χ2n) is 5.15. The molecule has 1 saturated heterocycles. The van der Waals surface area contributed by atoms with Gasteiger partial charge in [-0.05, 0) is 36.8 Å². The van der Waals surface area contributed by atoms with Gasteiger partial charge in [-0.3, -0.25) is 4.79 Å². The van der Waals surface area contributed by atoms with E-state index in [2.05, 4.69) is 28.9 Å². The minimum Gasteiger partial charge on any atom is -0.343 e. The molecule has 0 N–H and O–H groups in total. The van der Waals surface area contributed by atoms with Gasteiger partial charge in [-0.25, -0.2) is 0 Å². The number of halogens is 1. The van der Waals surface area contributed by atoms with Crippen LogP contribution in [-0.4, -0.2) is 23.9 Å². The molecule has 0 saturated carbocycles. The highest BCUT2D eigenvalue weighted by atomic mass is 79.9. The maximum Gasteiger partial charge on any atom is 0.222 e. The Morgan fingerprint density at radius 3 is 2.67 bits per heavy atom. The Kier molecular flexibility index (Phi) is 4.81. The van der Waals surface area contributed by atoms with Crippen molar-refractivity contribution in [3.8, 4) is 0 Å². The Morgan fingerprint density at radius 2 is 2.00 bits per heavy atom. The molecular formula is C15H20BrNO. The van der Waals surface area contributed by atoms with E-state index in [0.29, 0.717) is 12.3 Å². The molecule has 1 aromatic carbocycles. The first-order valence-corrected chi connectivity index (χ1v) is 7.47. The van der Waals surface area contributed by atoms with Crippen molar-refractivity contribution in [2.75, 3.05) is 13.1 Å². The molecule has 1 amide bonds. The van der Waals surface area contributed by atoms with Crippen molar-refractivity contribution in [1.29, 1.82) is 0 Å². The van der Waals surface area contributed by atoms with Gasteiger partial charge in [0.2, 0.25) is 5.91 Å². The van der Waals surface area contributed by atoms with Crippen LogP contribution < -0.4 is 0 Å². The number of aryl methyl sites for hydroxylation is 1. The first-order valence-electron chi connectivity index (χ1n) is 6.68. The van der Waals surface area contributed by atoms with Crippen molar-refractivity contribution < 1.29 is 4.79 Å². The fourth-order valence-electron chi connectivity index (χ4n) is 2.36. The molecule has 0 unspecified atom stereocenters. The minimum atomic E-state index is 0.303. The first-order chi connectivity index (χ1) is 8.66. The molecule has 0 aromatic heterocycles. The fourth-order valence-corrected chi connectivity index (χ4v) is 2.84. The third kappa shape index (κ3) is 3.58. The van der Waals surface area contributed by atoms with E-state index in [1.807, 2.05) is 23.1 Å². The van der Waals surface area contributed by atoms with E-state index in [-0.39, 0.29) is 0 Å². The summed E-state index contributed by atoms with van der Waals surface area (Å²) in [5.74, 6) is 1.08. The number of hydrogen-bond acceptors (Lipinski definition) is 1. The third-order valence-electron chi connectivity index (χ3n) is 3.70. The molecule has 0 spiro atoms. The highest BCUT2D eigenvalue weighted by Crippen LogP contribution is 2.20. The molecule has 2 nitrogen and oxygen atoms in total. The van der Waals surface area contributed by atoms with Gasteiger partial charge < -0.3 is 4.90 Å². The largest absolute Gasteiger partial charge is 0.343 e. The molecule has 0 bridgehead atoms. The summed E-state index contributed by atoms with van der Waals surface area (Å²) >= 11 is 3.53. The molecule has 1 aliphatic heterocycles.